The number of hydrogen-bond donors (Lipinski definition) is 2. The van der Waals surface area contributed by atoms with Gasteiger partial charge in [0.1, 0.15) is 23.0 Å². The van der Waals surface area contributed by atoms with Gasteiger partial charge in [-0.25, -0.2) is 0 Å². The summed E-state index contributed by atoms with van der Waals surface area (Å²) in [5.41, 5.74) is 0.933. The van der Waals surface area contributed by atoms with Gasteiger partial charge in [-0.05, 0) is 44.0 Å². The van der Waals surface area contributed by atoms with Crippen molar-refractivity contribution < 1.29 is 43.2 Å². The Labute approximate surface area is 210 Å². The molecule has 2 N–H and O–H groups in total. The van der Waals surface area contributed by atoms with Crippen molar-refractivity contribution in [3.05, 3.63) is 47.5 Å². The van der Waals surface area contributed by atoms with Crippen molar-refractivity contribution in [1.29, 1.82) is 0 Å². The average Bonchev–Trinajstić information content (AvgIpc) is 2.89. The van der Waals surface area contributed by atoms with E-state index in [1.807, 2.05) is 6.92 Å². The smallest absolute Gasteiger partial charge is 0.303 e. The first kappa shape index (κ1) is 30.0. The number of carboxylic acid groups (broad SMARTS) is 1. The summed E-state index contributed by atoms with van der Waals surface area (Å²) in [4.78, 5) is 42.9. The van der Waals surface area contributed by atoms with E-state index in [1.54, 1.807) is 36.4 Å². The van der Waals surface area contributed by atoms with Crippen molar-refractivity contribution in [2.75, 3.05) is 34.0 Å². The molecule has 0 bridgehead atoms. The minimum absolute atomic E-state index is 0.0278. The molecule has 2 rings (SSSR count). The molecule has 0 unspecified atom stereocenters. The number of carbonyl (C=O) groups is 4. The maximum Gasteiger partial charge on any atom is 0.303 e. The summed E-state index contributed by atoms with van der Waals surface area (Å²) >= 11 is 0. The van der Waals surface area contributed by atoms with Crippen LogP contribution in [0, 0.1) is 0 Å². The molecular weight excluding hydrogens is 470 g/mol. The van der Waals surface area contributed by atoms with E-state index in [9.17, 15) is 19.2 Å². The SMILES string of the molecule is CCNC(=O)CCCOc1ccc(C=O)c(OC)c1.COc1cc(OCCCC(=O)O)ccc1C=O. The van der Waals surface area contributed by atoms with Crippen molar-refractivity contribution in [2.45, 2.75) is 32.6 Å². The molecule has 1 amide bonds. The summed E-state index contributed by atoms with van der Waals surface area (Å²) in [6, 6.07) is 9.86. The third-order valence-electron chi connectivity index (χ3n) is 4.66. The van der Waals surface area contributed by atoms with Crippen molar-refractivity contribution >= 4 is 24.4 Å². The average molecular weight is 504 g/mol. The van der Waals surface area contributed by atoms with Crippen LogP contribution in [-0.4, -0.2) is 63.5 Å². The van der Waals surface area contributed by atoms with Crippen LogP contribution in [0.2, 0.25) is 0 Å². The third kappa shape index (κ3) is 11.4. The molecule has 0 aliphatic carbocycles. The van der Waals surface area contributed by atoms with Gasteiger partial charge in [0.25, 0.3) is 0 Å². The monoisotopic (exact) mass is 503 g/mol. The van der Waals surface area contributed by atoms with E-state index in [0.717, 1.165) is 6.29 Å². The Morgan fingerprint density at radius 3 is 1.69 bits per heavy atom. The van der Waals surface area contributed by atoms with Gasteiger partial charge in [-0.3, -0.25) is 19.2 Å². The van der Waals surface area contributed by atoms with Crippen LogP contribution in [0.5, 0.6) is 23.0 Å². The van der Waals surface area contributed by atoms with E-state index in [2.05, 4.69) is 5.32 Å². The molecule has 2 aromatic carbocycles. The number of carboxylic acids is 1. The zero-order valence-electron chi connectivity index (χ0n) is 20.8. The molecule has 0 atom stereocenters. The second-order valence-electron chi connectivity index (χ2n) is 7.29. The zero-order valence-corrected chi connectivity index (χ0v) is 20.8. The lowest BCUT2D eigenvalue weighted by Gasteiger charge is -2.09. The summed E-state index contributed by atoms with van der Waals surface area (Å²) < 4.78 is 20.9. The number of ether oxygens (including phenoxy) is 4. The normalized spacial score (nSPS) is 9.75. The largest absolute Gasteiger partial charge is 0.496 e. The lowest BCUT2D eigenvalue weighted by molar-refractivity contribution is -0.137. The van der Waals surface area contributed by atoms with Gasteiger partial charge in [0.15, 0.2) is 12.6 Å². The number of nitrogens with one attached hydrogen (secondary N) is 1. The van der Waals surface area contributed by atoms with Gasteiger partial charge in [0, 0.05) is 31.5 Å². The molecule has 0 heterocycles. The number of aldehydes is 2. The van der Waals surface area contributed by atoms with Crippen LogP contribution in [-0.2, 0) is 9.59 Å². The van der Waals surface area contributed by atoms with Crippen LogP contribution >= 0.6 is 0 Å². The molecule has 196 valence electrons. The fourth-order valence-corrected chi connectivity index (χ4v) is 2.88. The van der Waals surface area contributed by atoms with Gasteiger partial charge in [0.05, 0.1) is 38.6 Å². The van der Waals surface area contributed by atoms with Crippen LogP contribution < -0.4 is 24.3 Å². The van der Waals surface area contributed by atoms with Crippen LogP contribution in [0.15, 0.2) is 36.4 Å². The highest BCUT2D eigenvalue weighted by Gasteiger charge is 2.06. The van der Waals surface area contributed by atoms with Crippen LogP contribution in [0.1, 0.15) is 53.3 Å². The van der Waals surface area contributed by atoms with E-state index in [-0.39, 0.29) is 12.3 Å². The first-order valence-corrected chi connectivity index (χ1v) is 11.4. The molecule has 0 radical (unpaired) electrons. The van der Waals surface area contributed by atoms with E-state index in [1.165, 1.54) is 14.2 Å². The maximum atomic E-state index is 11.2. The van der Waals surface area contributed by atoms with Gasteiger partial charge < -0.3 is 29.4 Å². The molecule has 0 aliphatic heterocycles. The van der Waals surface area contributed by atoms with Gasteiger partial charge in [-0.15, -0.1) is 0 Å². The summed E-state index contributed by atoms with van der Waals surface area (Å²) in [5, 5.41) is 11.2. The van der Waals surface area contributed by atoms with E-state index in [4.69, 9.17) is 24.1 Å². The van der Waals surface area contributed by atoms with Gasteiger partial charge in [-0.2, -0.15) is 0 Å². The molecule has 0 aliphatic rings. The lowest BCUT2D eigenvalue weighted by Crippen LogP contribution is -2.22. The molecule has 0 spiro atoms. The van der Waals surface area contributed by atoms with Gasteiger partial charge in [-0.1, -0.05) is 0 Å². The predicted octanol–water partition coefficient (Wildman–Crippen LogP) is 3.55. The third-order valence-corrected chi connectivity index (χ3v) is 4.66. The molecule has 0 saturated heterocycles. The lowest BCUT2D eigenvalue weighted by atomic mass is 10.2. The predicted molar refractivity (Wildman–Crippen MR) is 133 cm³/mol. The fourth-order valence-electron chi connectivity index (χ4n) is 2.88. The van der Waals surface area contributed by atoms with E-state index in [0.29, 0.717) is 79.4 Å². The highest BCUT2D eigenvalue weighted by atomic mass is 16.5. The molecule has 0 fully saturated rings. The van der Waals surface area contributed by atoms with Crippen molar-refractivity contribution in [3.63, 3.8) is 0 Å². The number of methoxy groups -OCH3 is 2. The second kappa shape index (κ2) is 17.4. The second-order valence-corrected chi connectivity index (χ2v) is 7.29. The molecule has 0 saturated carbocycles. The molecule has 10 nitrogen and oxygen atoms in total. The molecule has 10 heteroatoms. The van der Waals surface area contributed by atoms with Gasteiger partial charge in [0.2, 0.25) is 5.91 Å². The maximum absolute atomic E-state index is 11.2. The highest BCUT2D eigenvalue weighted by Crippen LogP contribution is 2.24. The summed E-state index contributed by atoms with van der Waals surface area (Å²) in [7, 11) is 2.97. The summed E-state index contributed by atoms with van der Waals surface area (Å²) in [5.74, 6) is 1.28. The van der Waals surface area contributed by atoms with Crippen molar-refractivity contribution in [2.24, 2.45) is 0 Å². The zero-order chi connectivity index (χ0) is 26.8. The highest BCUT2D eigenvalue weighted by molar-refractivity contribution is 5.80. The first-order chi connectivity index (χ1) is 17.4. The molecule has 36 heavy (non-hydrogen) atoms. The Morgan fingerprint density at radius 1 is 0.833 bits per heavy atom. The van der Waals surface area contributed by atoms with E-state index < -0.39 is 5.97 Å². The number of carbonyl (C=O) groups excluding carboxylic acids is 3. The Hall–Kier alpha value is -4.08. The number of aliphatic carboxylic acids is 1. The van der Waals surface area contributed by atoms with Crippen LogP contribution in [0.3, 0.4) is 0 Å². The topological polar surface area (TPSA) is 137 Å². The minimum atomic E-state index is -0.845. The Morgan fingerprint density at radius 2 is 1.31 bits per heavy atom. The first-order valence-electron chi connectivity index (χ1n) is 11.4. The summed E-state index contributed by atoms with van der Waals surface area (Å²) in [6.07, 6.45) is 3.03. The van der Waals surface area contributed by atoms with Crippen LogP contribution in [0.25, 0.3) is 0 Å². The van der Waals surface area contributed by atoms with Gasteiger partial charge >= 0.3 is 5.97 Å². The number of benzene rings is 2. The fraction of sp³-hybridized carbons (Fsp3) is 0.385. The standard InChI is InChI=1S/C14H19NO4.C12H14O5/c1-3-15-14(17)5-4-8-19-12-7-6-11(10-16)13(9-12)18-2;1-16-11-7-10(5-4-9(11)8-13)17-6-2-3-12(14)15/h6-7,9-10H,3-5,8H2,1-2H3,(H,15,17);4-5,7-8H,2-3,6H2,1H3,(H,14,15). The number of amides is 1. The molecule has 2 aromatic rings. The molecule has 0 aromatic heterocycles. The molecular formula is C26H33NO9. The summed E-state index contributed by atoms with van der Waals surface area (Å²) in [6.45, 7) is 3.29. The van der Waals surface area contributed by atoms with Crippen molar-refractivity contribution in [1.82, 2.24) is 5.32 Å². The Kier molecular flexibility index (Phi) is 14.5. The van der Waals surface area contributed by atoms with Crippen LogP contribution in [0.4, 0.5) is 0 Å². The van der Waals surface area contributed by atoms with Crippen molar-refractivity contribution in [3.8, 4) is 23.0 Å². The van der Waals surface area contributed by atoms with E-state index >= 15 is 0 Å². The number of rotatable bonds is 15. The Bertz CT molecular complexity index is 991. The number of hydrogen-bond acceptors (Lipinski definition) is 8. The minimum Gasteiger partial charge on any atom is -0.496 e. The quantitative estimate of drug-likeness (QED) is 0.276. The Balaban J connectivity index is 0.000000362.